The van der Waals surface area contributed by atoms with Crippen molar-refractivity contribution in [2.45, 2.75) is 6.54 Å². The second-order valence-corrected chi connectivity index (χ2v) is 3.80. The van der Waals surface area contributed by atoms with Crippen molar-refractivity contribution in [1.82, 2.24) is 14.8 Å². The van der Waals surface area contributed by atoms with Gasteiger partial charge in [-0.2, -0.15) is 0 Å². The summed E-state index contributed by atoms with van der Waals surface area (Å²) in [6.07, 6.45) is 0. The summed E-state index contributed by atoms with van der Waals surface area (Å²) in [5.74, 6) is 0. The molecule has 1 heterocycles. The summed E-state index contributed by atoms with van der Waals surface area (Å²) in [6, 6.07) is 0. The molecule has 9 heteroatoms. The normalized spacial score (nSPS) is 10.8. The molecule has 0 aliphatic carbocycles. The molecule has 0 fully saturated rings. The molecule has 0 unspecified atom stereocenters. The number of hydrogen-bond acceptors (Lipinski definition) is 6. The van der Waals surface area contributed by atoms with Gasteiger partial charge >= 0.3 is 11.4 Å². The molecule has 0 radical (unpaired) electrons. The van der Waals surface area contributed by atoms with E-state index in [1.165, 1.54) is 0 Å². The molecule has 0 spiro atoms. The van der Waals surface area contributed by atoms with Gasteiger partial charge in [-0.25, -0.2) is 24.4 Å². The van der Waals surface area contributed by atoms with Crippen molar-refractivity contribution in [1.29, 1.82) is 0 Å². The number of aliphatic imine (C=N–C) groups is 1. The molecular weight excluding hydrogens is 268 g/mol. The minimum absolute atomic E-state index is 0.204. The Balaban J connectivity index is 1.92. The summed E-state index contributed by atoms with van der Waals surface area (Å²) < 4.78 is 16.7. The molecule has 0 amide bonds. The largest absolute Gasteiger partial charge is 0.377 e. The van der Waals surface area contributed by atoms with Gasteiger partial charge < -0.3 is 14.2 Å². The van der Waals surface area contributed by atoms with E-state index in [1.807, 2.05) is 0 Å². The van der Waals surface area contributed by atoms with Crippen LogP contribution < -0.4 is 11.4 Å². The highest BCUT2D eigenvalue weighted by Gasteiger charge is 2.01. The van der Waals surface area contributed by atoms with Crippen LogP contribution in [0.5, 0.6) is 0 Å². The van der Waals surface area contributed by atoms with E-state index in [9.17, 15) is 9.59 Å². The molecule has 0 aliphatic rings. The number of aromatic nitrogens is 3. The predicted octanol–water partition coefficient (Wildman–Crippen LogP) is -1.38. The van der Waals surface area contributed by atoms with Crippen molar-refractivity contribution in [2.75, 3.05) is 46.2 Å². The van der Waals surface area contributed by atoms with E-state index < -0.39 is 11.4 Å². The lowest BCUT2D eigenvalue weighted by Gasteiger charge is -2.06. The number of H-pyrrole nitrogens is 2. The van der Waals surface area contributed by atoms with Crippen LogP contribution in [0.4, 0.5) is 0 Å². The van der Waals surface area contributed by atoms with Gasteiger partial charge in [0.15, 0.2) is 0 Å². The molecule has 2 N–H and O–H groups in total. The average molecular weight is 288 g/mol. The van der Waals surface area contributed by atoms with Crippen molar-refractivity contribution in [3.05, 3.63) is 21.0 Å². The van der Waals surface area contributed by atoms with Crippen LogP contribution in [0.15, 0.2) is 14.6 Å². The predicted molar refractivity (Wildman–Crippen MR) is 72.5 cm³/mol. The molecule has 0 aromatic carbocycles. The number of hydrogen-bond donors (Lipinski definition) is 2. The molecule has 20 heavy (non-hydrogen) atoms. The number of nitrogens with zero attached hydrogens (tertiary/aromatic N) is 2. The Morgan fingerprint density at radius 3 is 1.95 bits per heavy atom. The van der Waals surface area contributed by atoms with Crippen LogP contribution >= 0.6 is 0 Å². The molecular formula is C11H20N4O5. The lowest BCUT2D eigenvalue weighted by atomic mass is 10.6. The molecule has 0 bridgehead atoms. The first-order valence-corrected chi connectivity index (χ1v) is 6.29. The summed E-state index contributed by atoms with van der Waals surface area (Å²) in [7, 11) is 0. The third-order valence-corrected chi connectivity index (χ3v) is 2.36. The van der Waals surface area contributed by atoms with Crippen molar-refractivity contribution in [3.8, 4) is 0 Å². The molecule has 0 saturated heterocycles. The Labute approximate surface area is 115 Å². The van der Waals surface area contributed by atoms with Gasteiger partial charge in [-0.1, -0.05) is 0 Å². The van der Waals surface area contributed by atoms with E-state index in [1.54, 1.807) is 0 Å². The fourth-order valence-electron chi connectivity index (χ4n) is 1.36. The van der Waals surface area contributed by atoms with Crippen LogP contribution in [-0.2, 0) is 20.8 Å². The van der Waals surface area contributed by atoms with Crippen molar-refractivity contribution < 1.29 is 14.2 Å². The number of ether oxygens (including phenoxy) is 3. The maximum Gasteiger partial charge on any atom is 0.344 e. The molecule has 0 aliphatic heterocycles. The first-order chi connectivity index (χ1) is 9.75. The minimum Gasteiger partial charge on any atom is -0.377 e. The van der Waals surface area contributed by atoms with E-state index in [-0.39, 0.29) is 13.2 Å². The van der Waals surface area contributed by atoms with Crippen molar-refractivity contribution in [2.24, 2.45) is 4.99 Å². The van der Waals surface area contributed by atoms with Gasteiger partial charge in [0.2, 0.25) is 0 Å². The quantitative estimate of drug-likeness (QED) is 0.363. The number of aromatic amines is 2. The minimum atomic E-state index is -0.471. The lowest BCUT2D eigenvalue weighted by molar-refractivity contribution is 0.0144. The van der Waals surface area contributed by atoms with Crippen LogP contribution in [0.3, 0.4) is 0 Å². The van der Waals surface area contributed by atoms with Crippen LogP contribution in [0.1, 0.15) is 0 Å². The standard InChI is InChI=1S/C11H20N4O5/c1-12-2-4-18-6-8-20-9-7-19-5-3-15-10(16)13-14-11(15)17/h1-9H2,(H,13,16)(H,14,17). The first-order valence-electron chi connectivity index (χ1n) is 6.29. The van der Waals surface area contributed by atoms with Gasteiger partial charge in [-0.15, -0.1) is 0 Å². The van der Waals surface area contributed by atoms with Gasteiger partial charge in [-0.3, -0.25) is 4.99 Å². The zero-order valence-corrected chi connectivity index (χ0v) is 11.3. The Hall–Kier alpha value is -1.71. The summed E-state index contributed by atoms with van der Waals surface area (Å²) >= 11 is 0. The average Bonchev–Trinajstić information content (AvgIpc) is 2.76. The highest BCUT2D eigenvalue weighted by molar-refractivity contribution is 5.22. The second kappa shape index (κ2) is 10.1. The van der Waals surface area contributed by atoms with E-state index in [0.29, 0.717) is 39.6 Å². The van der Waals surface area contributed by atoms with Crippen LogP contribution in [-0.4, -0.2) is 67.7 Å². The third kappa shape index (κ3) is 6.45. The molecule has 1 aromatic rings. The SMILES string of the molecule is C=NCCOCCOCCOCCn1c(=O)[nH][nH]c1=O. The zero-order chi connectivity index (χ0) is 14.6. The van der Waals surface area contributed by atoms with Gasteiger partial charge in [0.25, 0.3) is 0 Å². The van der Waals surface area contributed by atoms with Gasteiger partial charge in [0.05, 0.1) is 52.7 Å². The highest BCUT2D eigenvalue weighted by atomic mass is 16.5. The Morgan fingerprint density at radius 2 is 1.40 bits per heavy atom. The molecule has 0 saturated carbocycles. The summed E-state index contributed by atoms with van der Waals surface area (Å²) in [4.78, 5) is 25.9. The Kier molecular flexibility index (Phi) is 8.27. The first kappa shape index (κ1) is 16.3. The fourth-order valence-corrected chi connectivity index (χ4v) is 1.36. The maximum atomic E-state index is 11.1. The highest BCUT2D eigenvalue weighted by Crippen LogP contribution is 1.82. The summed E-state index contributed by atoms with van der Waals surface area (Å²) in [6.45, 7) is 6.76. The van der Waals surface area contributed by atoms with Gasteiger partial charge in [0.1, 0.15) is 0 Å². The van der Waals surface area contributed by atoms with E-state index in [4.69, 9.17) is 14.2 Å². The topological polar surface area (TPSA) is 111 Å². The van der Waals surface area contributed by atoms with E-state index >= 15 is 0 Å². The van der Waals surface area contributed by atoms with Gasteiger partial charge in [-0.05, 0) is 6.72 Å². The number of nitrogens with one attached hydrogen (secondary N) is 2. The Bertz CT molecular complexity index is 450. The lowest BCUT2D eigenvalue weighted by Crippen LogP contribution is -2.28. The van der Waals surface area contributed by atoms with E-state index in [0.717, 1.165) is 4.57 Å². The number of rotatable bonds is 12. The van der Waals surface area contributed by atoms with Crippen molar-refractivity contribution >= 4 is 6.72 Å². The fraction of sp³-hybridized carbons (Fsp3) is 0.727. The van der Waals surface area contributed by atoms with E-state index in [2.05, 4.69) is 21.9 Å². The van der Waals surface area contributed by atoms with Gasteiger partial charge in [0, 0.05) is 0 Å². The van der Waals surface area contributed by atoms with Crippen molar-refractivity contribution in [3.63, 3.8) is 0 Å². The monoisotopic (exact) mass is 288 g/mol. The second-order valence-electron chi connectivity index (χ2n) is 3.80. The molecule has 0 atom stereocenters. The third-order valence-electron chi connectivity index (χ3n) is 2.36. The zero-order valence-electron chi connectivity index (χ0n) is 11.3. The van der Waals surface area contributed by atoms with Crippen LogP contribution in [0.2, 0.25) is 0 Å². The van der Waals surface area contributed by atoms with Crippen LogP contribution in [0, 0.1) is 0 Å². The van der Waals surface area contributed by atoms with Crippen LogP contribution in [0.25, 0.3) is 0 Å². The maximum absolute atomic E-state index is 11.1. The summed E-state index contributed by atoms with van der Waals surface area (Å²) in [5, 5.41) is 4.38. The molecule has 9 nitrogen and oxygen atoms in total. The molecule has 1 aromatic heterocycles. The summed E-state index contributed by atoms with van der Waals surface area (Å²) in [5.41, 5.74) is -0.943. The Morgan fingerprint density at radius 1 is 0.900 bits per heavy atom. The smallest absolute Gasteiger partial charge is 0.344 e. The molecule has 114 valence electrons. The molecule has 1 rings (SSSR count).